The van der Waals surface area contributed by atoms with E-state index in [1.807, 2.05) is 0 Å². The normalized spacial score (nSPS) is 14.1. The Bertz CT molecular complexity index is 341. The summed E-state index contributed by atoms with van der Waals surface area (Å²) in [6.07, 6.45) is -1.95. The van der Waals surface area contributed by atoms with E-state index in [1.54, 1.807) is 27.7 Å². The Hall–Kier alpha value is -1.38. The fraction of sp³-hybridized carbons (Fsp3) is 0.857. The summed E-state index contributed by atoms with van der Waals surface area (Å²) in [5.74, 6) is -0.745. The monoisotopic (exact) mass is 321 g/mol. The van der Waals surface area contributed by atoms with E-state index in [1.165, 1.54) is 7.11 Å². The van der Waals surface area contributed by atoms with Crippen LogP contribution in [0.2, 0.25) is 0 Å². The van der Waals surface area contributed by atoms with Crippen molar-refractivity contribution in [3.8, 4) is 0 Å². The third kappa shape index (κ3) is 10.4. The molecule has 0 aromatic carbocycles. The molecule has 0 aromatic rings. The first kappa shape index (κ1) is 20.6. The lowest BCUT2D eigenvalue weighted by molar-refractivity contribution is -0.156. The molecular weight excluding hydrogens is 294 g/mol. The van der Waals surface area contributed by atoms with Gasteiger partial charge in [0.1, 0.15) is 5.60 Å². The maximum atomic E-state index is 11.7. The van der Waals surface area contributed by atoms with Crippen LogP contribution in [-0.4, -0.2) is 68.5 Å². The molecular formula is C14H27NO7. The number of amides is 1. The number of nitrogens with one attached hydrogen (secondary N) is 1. The molecule has 2 atom stereocenters. The average molecular weight is 321 g/mol. The van der Waals surface area contributed by atoms with Crippen molar-refractivity contribution in [1.29, 1.82) is 0 Å². The minimum atomic E-state index is -1.36. The highest BCUT2D eigenvalue weighted by Gasteiger charge is 2.21. The van der Waals surface area contributed by atoms with Gasteiger partial charge in [-0.05, 0) is 27.7 Å². The number of ether oxygens (including phenoxy) is 4. The Morgan fingerprint density at radius 3 is 2.32 bits per heavy atom. The zero-order valence-electron chi connectivity index (χ0n) is 13.9. The molecule has 0 aliphatic rings. The van der Waals surface area contributed by atoms with Crippen LogP contribution in [0.5, 0.6) is 0 Å². The quantitative estimate of drug-likeness (QED) is 0.595. The molecule has 0 rings (SSSR count). The van der Waals surface area contributed by atoms with Gasteiger partial charge in [0.2, 0.25) is 0 Å². The minimum Gasteiger partial charge on any atom is -0.464 e. The predicted molar refractivity (Wildman–Crippen MR) is 78.5 cm³/mol. The summed E-state index contributed by atoms with van der Waals surface area (Å²) in [4.78, 5) is 22.9. The van der Waals surface area contributed by atoms with Gasteiger partial charge in [-0.25, -0.2) is 9.59 Å². The molecule has 1 unspecified atom stereocenters. The van der Waals surface area contributed by atoms with E-state index in [9.17, 15) is 14.7 Å². The Morgan fingerprint density at radius 2 is 1.82 bits per heavy atom. The third-order valence-corrected chi connectivity index (χ3v) is 2.24. The van der Waals surface area contributed by atoms with Crippen LogP contribution in [0, 0.1) is 0 Å². The first-order chi connectivity index (χ1) is 10.2. The number of hydrogen-bond acceptors (Lipinski definition) is 7. The summed E-state index contributed by atoms with van der Waals surface area (Å²) < 4.78 is 20.0. The van der Waals surface area contributed by atoms with Gasteiger partial charge in [-0.3, -0.25) is 0 Å². The van der Waals surface area contributed by atoms with E-state index in [2.05, 4.69) is 10.1 Å². The molecule has 0 bridgehead atoms. The number of hydrogen-bond donors (Lipinski definition) is 2. The van der Waals surface area contributed by atoms with Crippen molar-refractivity contribution < 1.29 is 33.6 Å². The lowest BCUT2D eigenvalue weighted by Gasteiger charge is -2.23. The topological polar surface area (TPSA) is 103 Å². The van der Waals surface area contributed by atoms with E-state index >= 15 is 0 Å². The summed E-state index contributed by atoms with van der Waals surface area (Å²) in [6.45, 7) is 7.12. The maximum absolute atomic E-state index is 11.7. The molecule has 0 aromatic heterocycles. The van der Waals surface area contributed by atoms with Crippen molar-refractivity contribution in [3.63, 3.8) is 0 Å². The molecule has 130 valence electrons. The van der Waals surface area contributed by atoms with Crippen LogP contribution >= 0.6 is 0 Å². The van der Waals surface area contributed by atoms with Crippen molar-refractivity contribution in [2.24, 2.45) is 0 Å². The summed E-state index contributed by atoms with van der Waals surface area (Å²) >= 11 is 0. The van der Waals surface area contributed by atoms with Gasteiger partial charge in [0, 0.05) is 7.11 Å². The lowest BCUT2D eigenvalue weighted by atomic mass is 10.2. The van der Waals surface area contributed by atoms with E-state index in [0.29, 0.717) is 0 Å². The smallest absolute Gasteiger partial charge is 0.408 e. The molecule has 22 heavy (non-hydrogen) atoms. The lowest BCUT2D eigenvalue weighted by Crippen LogP contribution is -2.44. The Balaban J connectivity index is 4.19. The van der Waals surface area contributed by atoms with Gasteiger partial charge in [0.25, 0.3) is 0 Å². The molecule has 8 nitrogen and oxygen atoms in total. The molecule has 0 radical (unpaired) electrons. The van der Waals surface area contributed by atoms with Crippen molar-refractivity contribution in [2.45, 2.75) is 45.4 Å². The number of aliphatic hydroxyl groups excluding tert-OH is 1. The van der Waals surface area contributed by atoms with Gasteiger partial charge in [0.05, 0.1) is 32.5 Å². The molecule has 0 saturated carbocycles. The number of carbonyl (C=O) groups is 2. The molecule has 0 aliphatic heterocycles. The molecule has 0 saturated heterocycles. The molecule has 2 N–H and O–H groups in total. The minimum absolute atomic E-state index is 0.0591. The number of aliphatic hydroxyl groups is 1. The van der Waals surface area contributed by atoms with Crippen LogP contribution < -0.4 is 5.32 Å². The van der Waals surface area contributed by atoms with Crippen molar-refractivity contribution in [2.75, 3.05) is 33.5 Å². The van der Waals surface area contributed by atoms with Crippen LogP contribution in [0.1, 0.15) is 27.7 Å². The van der Waals surface area contributed by atoms with Gasteiger partial charge >= 0.3 is 12.1 Å². The zero-order valence-corrected chi connectivity index (χ0v) is 13.9. The molecule has 1 amide bonds. The predicted octanol–water partition coefficient (Wildman–Crippen LogP) is 0.467. The Kier molecular flexibility index (Phi) is 9.71. The van der Waals surface area contributed by atoms with Crippen molar-refractivity contribution in [1.82, 2.24) is 5.32 Å². The van der Waals surface area contributed by atoms with Crippen LogP contribution in [0.4, 0.5) is 4.79 Å². The summed E-state index contributed by atoms with van der Waals surface area (Å²) in [5.41, 5.74) is -0.608. The first-order valence-corrected chi connectivity index (χ1v) is 7.10. The first-order valence-electron chi connectivity index (χ1n) is 7.10. The summed E-state index contributed by atoms with van der Waals surface area (Å²) in [6, 6.07) is -0.464. The second-order valence-corrected chi connectivity index (χ2v) is 5.60. The van der Waals surface area contributed by atoms with Gasteiger partial charge in [-0.15, -0.1) is 0 Å². The van der Waals surface area contributed by atoms with Crippen LogP contribution in [0.15, 0.2) is 0 Å². The zero-order chi connectivity index (χ0) is 17.2. The highest BCUT2D eigenvalue weighted by molar-refractivity contribution is 5.74. The van der Waals surface area contributed by atoms with E-state index in [4.69, 9.17) is 14.2 Å². The van der Waals surface area contributed by atoms with Gasteiger partial charge in [0.15, 0.2) is 6.10 Å². The average Bonchev–Trinajstić information content (AvgIpc) is 2.36. The molecule has 0 aliphatic carbocycles. The molecule has 0 spiro atoms. The fourth-order valence-corrected chi connectivity index (χ4v) is 1.44. The standard InChI is InChI=1S/C14H27NO7/c1-6-21-12(17)11(16)9-20-8-10(7-19-5)15-13(18)22-14(2,3)4/h10-11,16H,6-9H2,1-5H3,(H,15,18)/t10-,11?/m0/s1. The van der Waals surface area contributed by atoms with E-state index in [-0.39, 0.29) is 26.4 Å². The van der Waals surface area contributed by atoms with Crippen molar-refractivity contribution >= 4 is 12.1 Å². The largest absolute Gasteiger partial charge is 0.464 e. The van der Waals surface area contributed by atoms with Crippen molar-refractivity contribution in [3.05, 3.63) is 0 Å². The summed E-state index contributed by atoms with van der Waals surface area (Å²) in [7, 11) is 1.48. The van der Waals surface area contributed by atoms with Gasteiger partial charge < -0.3 is 29.4 Å². The number of esters is 1. The number of methoxy groups -OCH3 is 1. The third-order valence-electron chi connectivity index (χ3n) is 2.24. The fourth-order valence-electron chi connectivity index (χ4n) is 1.44. The molecule has 8 heteroatoms. The Labute approximate surface area is 131 Å². The molecule has 0 heterocycles. The maximum Gasteiger partial charge on any atom is 0.408 e. The van der Waals surface area contributed by atoms with Gasteiger partial charge in [-0.2, -0.15) is 0 Å². The molecule has 0 fully saturated rings. The van der Waals surface area contributed by atoms with Crippen LogP contribution in [0.25, 0.3) is 0 Å². The summed E-state index contributed by atoms with van der Waals surface area (Å²) in [5, 5.41) is 12.1. The second kappa shape index (κ2) is 10.4. The number of rotatable bonds is 9. The highest BCUT2D eigenvalue weighted by Crippen LogP contribution is 2.07. The Morgan fingerprint density at radius 1 is 1.18 bits per heavy atom. The van der Waals surface area contributed by atoms with E-state index < -0.39 is 29.8 Å². The number of carbonyl (C=O) groups excluding carboxylic acids is 2. The van der Waals surface area contributed by atoms with E-state index in [0.717, 1.165) is 0 Å². The van der Waals surface area contributed by atoms with Crippen LogP contribution in [0.3, 0.4) is 0 Å². The number of alkyl carbamates (subject to hydrolysis) is 1. The highest BCUT2D eigenvalue weighted by atomic mass is 16.6. The second-order valence-electron chi connectivity index (χ2n) is 5.60. The van der Waals surface area contributed by atoms with Crippen LogP contribution in [-0.2, 0) is 23.7 Å². The SMILES string of the molecule is CCOC(=O)C(O)COC[C@H](COC)NC(=O)OC(C)(C)C. The van der Waals surface area contributed by atoms with Gasteiger partial charge in [-0.1, -0.05) is 0 Å².